The molecule has 7 heteroatoms. The second kappa shape index (κ2) is 9.47. The van der Waals surface area contributed by atoms with Crippen LogP contribution in [0.3, 0.4) is 0 Å². The van der Waals surface area contributed by atoms with Crippen LogP contribution in [0.15, 0.2) is 4.99 Å². The summed E-state index contributed by atoms with van der Waals surface area (Å²) in [5, 5.41) is 3.37. The van der Waals surface area contributed by atoms with Crippen molar-refractivity contribution >= 4 is 16.0 Å². The van der Waals surface area contributed by atoms with Crippen molar-refractivity contribution in [1.82, 2.24) is 14.5 Å². The van der Waals surface area contributed by atoms with Crippen LogP contribution >= 0.6 is 0 Å². The Bertz CT molecular complexity index is 476. The maximum absolute atomic E-state index is 11.6. The molecule has 0 spiro atoms. The van der Waals surface area contributed by atoms with E-state index in [1.54, 1.807) is 0 Å². The summed E-state index contributed by atoms with van der Waals surface area (Å²) in [6.07, 6.45) is 4.55. The lowest BCUT2D eigenvalue weighted by Crippen LogP contribution is -2.41. The van der Waals surface area contributed by atoms with Gasteiger partial charge in [-0.3, -0.25) is 4.99 Å². The molecule has 1 fully saturated rings. The number of hydrogen-bond acceptors (Lipinski definition) is 3. The first kappa shape index (κ1) is 20.2. The van der Waals surface area contributed by atoms with E-state index in [4.69, 9.17) is 0 Å². The third-order valence-corrected chi connectivity index (χ3v) is 5.67. The van der Waals surface area contributed by atoms with Gasteiger partial charge >= 0.3 is 0 Å². The van der Waals surface area contributed by atoms with Gasteiger partial charge in [0, 0.05) is 39.8 Å². The minimum Gasteiger partial charge on any atom is -0.356 e. The van der Waals surface area contributed by atoms with E-state index in [9.17, 15) is 8.42 Å². The molecular weight excluding hydrogens is 312 g/mol. The van der Waals surface area contributed by atoms with Crippen molar-refractivity contribution in [3.8, 4) is 0 Å². The standard InChI is InChI=1S/C16H34N4O2S/c1-6-20(23(5,21)22)10-7-9-18-16(17-4)19-11-8-15(13-19)12-14(2)3/h14-15H,6-13H2,1-5H3,(H,17,18). The number of aliphatic imine (C=N–C) groups is 1. The maximum atomic E-state index is 11.6. The first-order chi connectivity index (χ1) is 10.8. The summed E-state index contributed by atoms with van der Waals surface area (Å²) in [6, 6.07) is 0. The second-order valence-electron chi connectivity index (χ2n) is 6.81. The van der Waals surface area contributed by atoms with Gasteiger partial charge in [-0.15, -0.1) is 0 Å². The Balaban J connectivity index is 2.35. The fraction of sp³-hybridized carbons (Fsp3) is 0.938. The van der Waals surface area contributed by atoms with Gasteiger partial charge in [0.15, 0.2) is 5.96 Å². The summed E-state index contributed by atoms with van der Waals surface area (Å²) in [5.41, 5.74) is 0. The van der Waals surface area contributed by atoms with E-state index in [2.05, 4.69) is 29.1 Å². The molecule has 0 aromatic heterocycles. The van der Waals surface area contributed by atoms with E-state index in [0.717, 1.165) is 43.9 Å². The number of nitrogens with zero attached hydrogens (tertiary/aromatic N) is 3. The van der Waals surface area contributed by atoms with Gasteiger partial charge < -0.3 is 10.2 Å². The molecule has 0 aromatic rings. The molecule has 1 unspecified atom stereocenters. The van der Waals surface area contributed by atoms with Crippen LogP contribution in [0.5, 0.6) is 0 Å². The predicted molar refractivity (Wildman–Crippen MR) is 97.2 cm³/mol. The Morgan fingerprint density at radius 1 is 1.43 bits per heavy atom. The van der Waals surface area contributed by atoms with Crippen molar-refractivity contribution < 1.29 is 8.42 Å². The van der Waals surface area contributed by atoms with Crippen molar-refractivity contribution in [1.29, 1.82) is 0 Å². The maximum Gasteiger partial charge on any atom is 0.211 e. The van der Waals surface area contributed by atoms with Gasteiger partial charge in [0.25, 0.3) is 0 Å². The fourth-order valence-corrected chi connectivity index (χ4v) is 4.16. The molecule has 0 aliphatic carbocycles. The minimum absolute atomic E-state index is 0.524. The van der Waals surface area contributed by atoms with Gasteiger partial charge in [-0.25, -0.2) is 12.7 Å². The highest BCUT2D eigenvalue weighted by atomic mass is 32.2. The highest BCUT2D eigenvalue weighted by molar-refractivity contribution is 7.88. The lowest BCUT2D eigenvalue weighted by atomic mass is 9.97. The first-order valence-corrected chi connectivity index (χ1v) is 10.5. The van der Waals surface area contributed by atoms with Crippen LogP contribution in [0.1, 0.15) is 40.0 Å². The van der Waals surface area contributed by atoms with Crippen molar-refractivity contribution in [3.63, 3.8) is 0 Å². The van der Waals surface area contributed by atoms with Gasteiger partial charge in [0.1, 0.15) is 0 Å². The molecule has 0 saturated carbocycles. The van der Waals surface area contributed by atoms with Gasteiger partial charge in [-0.05, 0) is 31.1 Å². The smallest absolute Gasteiger partial charge is 0.211 e. The predicted octanol–water partition coefficient (Wildman–Crippen LogP) is 1.60. The third-order valence-electron chi connectivity index (χ3n) is 4.29. The molecule has 1 rings (SSSR count). The molecule has 1 aliphatic rings. The Morgan fingerprint density at radius 2 is 2.13 bits per heavy atom. The second-order valence-corrected chi connectivity index (χ2v) is 8.79. The molecule has 1 heterocycles. The lowest BCUT2D eigenvalue weighted by molar-refractivity contribution is 0.400. The number of likely N-dealkylation sites (tertiary alicyclic amines) is 1. The number of sulfonamides is 1. The van der Waals surface area contributed by atoms with Crippen LogP contribution in [-0.4, -0.2) is 69.6 Å². The van der Waals surface area contributed by atoms with Crippen LogP contribution in [0, 0.1) is 11.8 Å². The van der Waals surface area contributed by atoms with Crippen LogP contribution in [0.25, 0.3) is 0 Å². The minimum atomic E-state index is -3.09. The van der Waals surface area contributed by atoms with E-state index >= 15 is 0 Å². The van der Waals surface area contributed by atoms with Gasteiger partial charge in [-0.1, -0.05) is 20.8 Å². The van der Waals surface area contributed by atoms with Crippen molar-refractivity contribution in [2.45, 2.75) is 40.0 Å². The fourth-order valence-electron chi connectivity index (χ4n) is 3.23. The van der Waals surface area contributed by atoms with Crippen molar-refractivity contribution in [2.75, 3.05) is 46.0 Å². The Kier molecular flexibility index (Phi) is 8.33. The molecule has 1 aliphatic heterocycles. The molecule has 136 valence electrons. The summed E-state index contributed by atoms with van der Waals surface area (Å²) in [4.78, 5) is 6.69. The largest absolute Gasteiger partial charge is 0.356 e. The molecule has 23 heavy (non-hydrogen) atoms. The van der Waals surface area contributed by atoms with E-state index in [1.165, 1.54) is 23.4 Å². The summed E-state index contributed by atoms with van der Waals surface area (Å²) >= 11 is 0. The van der Waals surface area contributed by atoms with Crippen molar-refractivity contribution in [2.24, 2.45) is 16.8 Å². The van der Waals surface area contributed by atoms with Gasteiger partial charge in [0.2, 0.25) is 10.0 Å². The number of hydrogen-bond donors (Lipinski definition) is 1. The zero-order chi connectivity index (χ0) is 17.5. The van der Waals surface area contributed by atoms with Crippen LogP contribution in [0.2, 0.25) is 0 Å². The van der Waals surface area contributed by atoms with Gasteiger partial charge in [-0.2, -0.15) is 0 Å². The Labute approximate surface area is 142 Å². The molecule has 0 aromatic carbocycles. The number of guanidine groups is 1. The van der Waals surface area contributed by atoms with Crippen LogP contribution in [0.4, 0.5) is 0 Å². The lowest BCUT2D eigenvalue weighted by Gasteiger charge is -2.23. The third kappa shape index (κ3) is 7.08. The Hall–Kier alpha value is -0.820. The summed E-state index contributed by atoms with van der Waals surface area (Å²) in [5.74, 6) is 2.44. The molecule has 0 bridgehead atoms. The summed E-state index contributed by atoms with van der Waals surface area (Å²) in [6.45, 7) is 10.4. The average molecular weight is 347 g/mol. The molecule has 6 nitrogen and oxygen atoms in total. The summed E-state index contributed by atoms with van der Waals surface area (Å²) < 4.78 is 24.6. The molecule has 1 atom stereocenters. The summed E-state index contributed by atoms with van der Waals surface area (Å²) in [7, 11) is -1.28. The van der Waals surface area contributed by atoms with Crippen molar-refractivity contribution in [3.05, 3.63) is 0 Å². The first-order valence-electron chi connectivity index (χ1n) is 8.68. The van der Waals surface area contributed by atoms with E-state index in [0.29, 0.717) is 13.1 Å². The number of nitrogens with one attached hydrogen (secondary N) is 1. The molecule has 1 saturated heterocycles. The van der Waals surface area contributed by atoms with E-state index in [-0.39, 0.29) is 0 Å². The number of rotatable bonds is 8. The highest BCUT2D eigenvalue weighted by Gasteiger charge is 2.25. The Morgan fingerprint density at radius 3 is 2.65 bits per heavy atom. The average Bonchev–Trinajstić information content (AvgIpc) is 2.89. The SMILES string of the molecule is CCN(CCCNC(=NC)N1CCC(CC(C)C)C1)S(C)(=O)=O. The topological polar surface area (TPSA) is 65.0 Å². The quantitative estimate of drug-likeness (QED) is 0.412. The monoisotopic (exact) mass is 346 g/mol. The molecule has 0 radical (unpaired) electrons. The zero-order valence-electron chi connectivity index (χ0n) is 15.4. The zero-order valence-corrected chi connectivity index (χ0v) is 16.2. The molecule has 0 amide bonds. The van der Waals surface area contributed by atoms with Gasteiger partial charge in [0.05, 0.1) is 6.26 Å². The molecule has 1 N–H and O–H groups in total. The molecular formula is C16H34N4O2S. The normalized spacial score (nSPS) is 19.9. The van der Waals surface area contributed by atoms with E-state index < -0.39 is 10.0 Å². The van der Waals surface area contributed by atoms with E-state index in [1.807, 2.05) is 14.0 Å². The highest BCUT2D eigenvalue weighted by Crippen LogP contribution is 2.23. The van der Waals surface area contributed by atoms with Crippen LogP contribution in [-0.2, 0) is 10.0 Å². The van der Waals surface area contributed by atoms with Crippen LogP contribution < -0.4 is 5.32 Å².